The van der Waals surface area contributed by atoms with E-state index >= 15 is 0 Å². The van der Waals surface area contributed by atoms with Crippen LogP contribution in [0.25, 0.3) is 0 Å². The summed E-state index contributed by atoms with van der Waals surface area (Å²) in [5, 5.41) is 2.61. The zero-order valence-electron chi connectivity index (χ0n) is 11.7. The molecule has 1 aromatic carbocycles. The van der Waals surface area contributed by atoms with Crippen molar-refractivity contribution in [2.75, 3.05) is 11.9 Å². The van der Waals surface area contributed by atoms with Gasteiger partial charge in [-0.15, -0.1) is 0 Å². The van der Waals surface area contributed by atoms with Crippen molar-refractivity contribution in [3.63, 3.8) is 0 Å². The fourth-order valence-electron chi connectivity index (χ4n) is 1.51. The molecule has 4 N–H and O–H groups in total. The largest absolute Gasteiger partial charge is 0.330 e. The predicted octanol–water partition coefficient (Wildman–Crippen LogP) is 1.05. The number of nitrogens with two attached hydrogens (primary N) is 1. The number of amides is 1. The molecular weight excluding hydrogens is 278 g/mol. The second-order valence-electron chi connectivity index (χ2n) is 4.55. The van der Waals surface area contributed by atoms with Crippen molar-refractivity contribution in [1.29, 1.82) is 0 Å². The first kappa shape index (κ1) is 16.6. The molecule has 1 rings (SSSR count). The predicted molar refractivity (Wildman–Crippen MR) is 78.8 cm³/mol. The Morgan fingerprint density at radius 1 is 1.40 bits per heavy atom. The highest BCUT2D eigenvalue weighted by Gasteiger charge is 2.17. The van der Waals surface area contributed by atoms with Crippen LogP contribution >= 0.6 is 0 Å². The van der Waals surface area contributed by atoms with Crippen LogP contribution in [-0.2, 0) is 14.8 Å². The Morgan fingerprint density at radius 3 is 2.70 bits per heavy atom. The average Bonchev–Trinajstić information content (AvgIpc) is 2.38. The molecule has 6 nitrogen and oxygen atoms in total. The Hall–Kier alpha value is -1.44. The summed E-state index contributed by atoms with van der Waals surface area (Å²) in [5.41, 5.74) is 5.73. The summed E-state index contributed by atoms with van der Waals surface area (Å²) < 4.78 is 26.8. The van der Waals surface area contributed by atoms with Gasteiger partial charge in [0.1, 0.15) is 0 Å². The second-order valence-corrected chi connectivity index (χ2v) is 6.26. The molecular formula is C13H21N3O3S. The number of anilines is 1. The fourth-order valence-corrected chi connectivity index (χ4v) is 2.88. The average molecular weight is 299 g/mol. The van der Waals surface area contributed by atoms with Crippen molar-refractivity contribution >= 4 is 21.6 Å². The Morgan fingerprint density at radius 2 is 2.10 bits per heavy atom. The van der Waals surface area contributed by atoms with E-state index in [-0.39, 0.29) is 29.8 Å². The smallest absolute Gasteiger partial charge is 0.240 e. The first-order valence-corrected chi connectivity index (χ1v) is 7.99. The minimum absolute atomic E-state index is 0.128. The lowest BCUT2D eigenvalue weighted by atomic mass is 10.3. The summed E-state index contributed by atoms with van der Waals surface area (Å²) in [7, 11) is -3.57. The van der Waals surface area contributed by atoms with Gasteiger partial charge in [-0.05, 0) is 31.5 Å². The molecule has 0 radical (unpaired) electrons. The summed E-state index contributed by atoms with van der Waals surface area (Å²) in [6.07, 6.45) is 0.897. The number of carbonyl (C=O) groups is 1. The number of benzene rings is 1. The lowest BCUT2D eigenvalue weighted by molar-refractivity contribution is -0.116. The Kier molecular flexibility index (Phi) is 6.12. The summed E-state index contributed by atoms with van der Waals surface area (Å²) in [6.45, 7) is 3.94. The van der Waals surface area contributed by atoms with Gasteiger partial charge in [-0.2, -0.15) is 0 Å². The third-order valence-electron chi connectivity index (χ3n) is 2.77. The number of nitrogens with one attached hydrogen (secondary N) is 2. The van der Waals surface area contributed by atoms with Gasteiger partial charge in [-0.1, -0.05) is 13.0 Å². The van der Waals surface area contributed by atoms with E-state index in [1.165, 1.54) is 12.1 Å². The van der Waals surface area contributed by atoms with Crippen molar-refractivity contribution in [2.45, 2.75) is 37.6 Å². The summed E-state index contributed by atoms with van der Waals surface area (Å²) >= 11 is 0. The number of sulfonamides is 1. The van der Waals surface area contributed by atoms with Crippen molar-refractivity contribution in [3.8, 4) is 0 Å². The number of carbonyl (C=O) groups excluding carboxylic acids is 1. The fraction of sp³-hybridized carbons (Fsp3) is 0.462. The van der Waals surface area contributed by atoms with Crippen LogP contribution in [0.1, 0.15) is 26.7 Å². The monoisotopic (exact) mass is 299 g/mol. The lowest BCUT2D eigenvalue weighted by Crippen LogP contribution is -2.32. The maximum atomic E-state index is 12.1. The van der Waals surface area contributed by atoms with E-state index < -0.39 is 10.0 Å². The van der Waals surface area contributed by atoms with Gasteiger partial charge >= 0.3 is 0 Å². The van der Waals surface area contributed by atoms with Gasteiger partial charge in [-0.25, -0.2) is 13.1 Å². The summed E-state index contributed by atoms with van der Waals surface area (Å²) in [6, 6.07) is 6.00. The Bertz CT molecular complexity index is 558. The highest BCUT2D eigenvalue weighted by atomic mass is 32.2. The van der Waals surface area contributed by atoms with E-state index in [4.69, 9.17) is 5.73 Å². The standard InChI is InChI=1S/C13H21N3O3S/c1-3-10(2)16-20(18,19)12-6-4-5-11(9-12)15-13(17)7-8-14/h4-6,9-10,16H,3,7-8,14H2,1-2H3,(H,15,17). The van der Waals surface area contributed by atoms with Crippen LogP contribution < -0.4 is 15.8 Å². The molecule has 0 fully saturated rings. The number of hydrogen-bond acceptors (Lipinski definition) is 4. The molecule has 112 valence electrons. The molecule has 0 aliphatic rings. The molecule has 0 saturated carbocycles. The molecule has 1 amide bonds. The van der Waals surface area contributed by atoms with Crippen molar-refractivity contribution < 1.29 is 13.2 Å². The third kappa shape index (κ3) is 4.92. The van der Waals surface area contributed by atoms with E-state index in [1.54, 1.807) is 19.1 Å². The minimum atomic E-state index is -3.57. The van der Waals surface area contributed by atoms with E-state index in [2.05, 4.69) is 10.0 Å². The third-order valence-corrected chi connectivity index (χ3v) is 4.36. The van der Waals surface area contributed by atoms with Crippen LogP contribution in [0.15, 0.2) is 29.2 Å². The zero-order valence-corrected chi connectivity index (χ0v) is 12.5. The van der Waals surface area contributed by atoms with Crippen molar-refractivity contribution in [2.24, 2.45) is 5.73 Å². The van der Waals surface area contributed by atoms with E-state index in [0.29, 0.717) is 12.1 Å². The zero-order chi connectivity index (χ0) is 15.2. The molecule has 0 aliphatic carbocycles. The van der Waals surface area contributed by atoms with Crippen LogP contribution in [0.5, 0.6) is 0 Å². The first-order chi connectivity index (χ1) is 9.39. The minimum Gasteiger partial charge on any atom is -0.330 e. The molecule has 0 aliphatic heterocycles. The van der Waals surface area contributed by atoms with Gasteiger partial charge in [0.15, 0.2) is 0 Å². The molecule has 20 heavy (non-hydrogen) atoms. The van der Waals surface area contributed by atoms with Gasteiger partial charge in [0.25, 0.3) is 0 Å². The molecule has 0 heterocycles. The SMILES string of the molecule is CCC(C)NS(=O)(=O)c1cccc(NC(=O)CCN)c1. The van der Waals surface area contributed by atoms with Gasteiger partial charge in [-0.3, -0.25) is 4.79 Å². The van der Waals surface area contributed by atoms with E-state index in [1.807, 2.05) is 6.92 Å². The molecule has 7 heteroatoms. The second kappa shape index (κ2) is 7.37. The number of hydrogen-bond donors (Lipinski definition) is 3. The maximum absolute atomic E-state index is 12.1. The molecule has 1 atom stereocenters. The highest BCUT2D eigenvalue weighted by molar-refractivity contribution is 7.89. The molecule has 0 aromatic heterocycles. The number of rotatable bonds is 7. The maximum Gasteiger partial charge on any atom is 0.240 e. The Balaban J connectivity index is 2.89. The molecule has 1 aromatic rings. The normalized spacial score (nSPS) is 12.9. The molecule has 1 unspecified atom stereocenters. The van der Waals surface area contributed by atoms with Gasteiger partial charge in [0, 0.05) is 24.7 Å². The van der Waals surface area contributed by atoms with Crippen molar-refractivity contribution in [3.05, 3.63) is 24.3 Å². The van der Waals surface area contributed by atoms with E-state index in [9.17, 15) is 13.2 Å². The lowest BCUT2D eigenvalue weighted by Gasteiger charge is -2.13. The van der Waals surface area contributed by atoms with Gasteiger partial charge in [0.05, 0.1) is 4.90 Å². The molecule has 0 spiro atoms. The highest BCUT2D eigenvalue weighted by Crippen LogP contribution is 2.16. The first-order valence-electron chi connectivity index (χ1n) is 6.51. The van der Waals surface area contributed by atoms with Crippen molar-refractivity contribution in [1.82, 2.24) is 4.72 Å². The molecule has 0 bridgehead atoms. The topological polar surface area (TPSA) is 101 Å². The molecule has 0 saturated heterocycles. The van der Waals surface area contributed by atoms with Crippen LogP contribution in [0, 0.1) is 0 Å². The van der Waals surface area contributed by atoms with Gasteiger partial charge in [0.2, 0.25) is 15.9 Å². The van der Waals surface area contributed by atoms with Crippen LogP contribution in [0.3, 0.4) is 0 Å². The summed E-state index contributed by atoms with van der Waals surface area (Å²) in [5.74, 6) is -0.239. The van der Waals surface area contributed by atoms with Crippen LogP contribution in [-0.4, -0.2) is 26.9 Å². The Labute approximate surface area is 119 Å². The van der Waals surface area contributed by atoms with Crippen LogP contribution in [0.4, 0.5) is 5.69 Å². The van der Waals surface area contributed by atoms with E-state index in [0.717, 1.165) is 0 Å². The van der Waals surface area contributed by atoms with Gasteiger partial charge < -0.3 is 11.1 Å². The quantitative estimate of drug-likeness (QED) is 0.700. The van der Waals surface area contributed by atoms with Crippen LogP contribution in [0.2, 0.25) is 0 Å². The summed E-state index contributed by atoms with van der Waals surface area (Å²) in [4.78, 5) is 11.6.